The summed E-state index contributed by atoms with van der Waals surface area (Å²) >= 11 is 1.42. The molecule has 2 aromatic rings. The van der Waals surface area contributed by atoms with E-state index >= 15 is 0 Å². The highest BCUT2D eigenvalue weighted by molar-refractivity contribution is 7.13. The van der Waals surface area contributed by atoms with Gasteiger partial charge in [0.05, 0.1) is 12.2 Å². The molecule has 0 unspecified atom stereocenters. The second-order valence-electron chi connectivity index (χ2n) is 4.68. The van der Waals surface area contributed by atoms with Gasteiger partial charge < -0.3 is 15.3 Å². The summed E-state index contributed by atoms with van der Waals surface area (Å²) in [7, 11) is 0. The number of aliphatic hydroxyl groups excluding tert-OH is 1. The minimum Gasteiger partial charge on any atom is -0.396 e. The Morgan fingerprint density at radius 3 is 2.76 bits per heavy atom. The molecule has 0 radical (unpaired) electrons. The zero-order valence-electron chi connectivity index (χ0n) is 12.0. The van der Waals surface area contributed by atoms with E-state index in [1.165, 1.54) is 11.3 Å². The molecule has 0 fully saturated rings. The van der Waals surface area contributed by atoms with Crippen LogP contribution in [0.1, 0.15) is 12.1 Å². The Kier molecular flexibility index (Phi) is 5.71. The predicted molar refractivity (Wildman–Crippen MR) is 85.8 cm³/mol. The molecule has 1 aromatic carbocycles. The van der Waals surface area contributed by atoms with Gasteiger partial charge in [0.1, 0.15) is 0 Å². The van der Waals surface area contributed by atoms with Crippen LogP contribution in [-0.4, -0.2) is 35.7 Å². The van der Waals surface area contributed by atoms with Crippen molar-refractivity contribution in [3.63, 3.8) is 0 Å². The Labute approximate surface area is 128 Å². The molecule has 2 N–H and O–H groups in total. The van der Waals surface area contributed by atoms with E-state index in [-0.39, 0.29) is 19.1 Å². The van der Waals surface area contributed by atoms with Crippen molar-refractivity contribution >= 4 is 28.1 Å². The molecule has 112 valence electrons. The van der Waals surface area contributed by atoms with Crippen molar-refractivity contribution in [2.75, 3.05) is 29.9 Å². The summed E-state index contributed by atoms with van der Waals surface area (Å²) in [6.45, 7) is 2.87. The van der Waals surface area contributed by atoms with Crippen LogP contribution in [-0.2, 0) is 4.79 Å². The molecule has 0 saturated carbocycles. The van der Waals surface area contributed by atoms with Gasteiger partial charge in [-0.1, -0.05) is 18.2 Å². The van der Waals surface area contributed by atoms with Gasteiger partial charge in [0.25, 0.3) is 0 Å². The van der Waals surface area contributed by atoms with Crippen LogP contribution >= 0.6 is 11.3 Å². The van der Waals surface area contributed by atoms with Crippen molar-refractivity contribution in [1.29, 1.82) is 0 Å². The monoisotopic (exact) mass is 305 g/mol. The minimum atomic E-state index is -0.105. The number of para-hydroxylation sites is 1. The van der Waals surface area contributed by atoms with E-state index in [1.807, 2.05) is 47.5 Å². The van der Waals surface area contributed by atoms with Crippen LogP contribution in [0.5, 0.6) is 0 Å². The smallest absolute Gasteiger partial charge is 0.245 e. The fourth-order valence-electron chi connectivity index (χ4n) is 1.94. The molecule has 0 atom stereocenters. The van der Waals surface area contributed by atoms with E-state index in [0.29, 0.717) is 18.1 Å². The third-order valence-corrected chi connectivity index (χ3v) is 3.78. The second kappa shape index (κ2) is 7.75. The Hall–Kier alpha value is -1.92. The topological polar surface area (TPSA) is 65.5 Å². The lowest BCUT2D eigenvalue weighted by Gasteiger charge is -2.23. The molecule has 0 aliphatic rings. The van der Waals surface area contributed by atoms with Crippen molar-refractivity contribution in [2.24, 2.45) is 0 Å². The maximum Gasteiger partial charge on any atom is 0.245 e. The average molecular weight is 305 g/mol. The van der Waals surface area contributed by atoms with Crippen molar-refractivity contribution in [2.45, 2.75) is 13.3 Å². The van der Waals surface area contributed by atoms with Crippen molar-refractivity contribution in [1.82, 2.24) is 4.98 Å². The quantitative estimate of drug-likeness (QED) is 0.823. The number of nitrogens with zero attached hydrogens (tertiary/aromatic N) is 2. The van der Waals surface area contributed by atoms with Crippen LogP contribution in [0, 0.1) is 6.92 Å². The van der Waals surface area contributed by atoms with Gasteiger partial charge in [-0.2, -0.15) is 0 Å². The molecule has 0 aliphatic heterocycles. The number of carbonyl (C=O) groups is 1. The Morgan fingerprint density at radius 2 is 2.14 bits per heavy atom. The van der Waals surface area contributed by atoms with Crippen molar-refractivity contribution < 1.29 is 9.90 Å². The highest BCUT2D eigenvalue weighted by atomic mass is 32.1. The number of hydrogen-bond donors (Lipinski definition) is 2. The molecule has 6 heteroatoms. The third kappa shape index (κ3) is 4.84. The lowest BCUT2D eigenvalue weighted by molar-refractivity contribution is -0.115. The number of amides is 1. The van der Waals surface area contributed by atoms with E-state index in [2.05, 4.69) is 10.3 Å². The number of anilines is 2. The van der Waals surface area contributed by atoms with E-state index in [0.717, 1.165) is 11.4 Å². The fraction of sp³-hybridized carbons (Fsp3) is 0.333. The molecular weight excluding hydrogens is 286 g/mol. The lowest BCUT2D eigenvalue weighted by Crippen LogP contribution is -2.34. The lowest BCUT2D eigenvalue weighted by atomic mass is 10.2. The summed E-state index contributed by atoms with van der Waals surface area (Å²) in [5.41, 5.74) is 1.87. The number of benzene rings is 1. The fourth-order valence-corrected chi connectivity index (χ4v) is 2.65. The SMILES string of the molecule is Cc1csc(NC(=O)CN(CCCO)c2ccccc2)n1. The average Bonchev–Trinajstić information content (AvgIpc) is 2.89. The summed E-state index contributed by atoms with van der Waals surface area (Å²) in [6.07, 6.45) is 0.624. The Bertz CT molecular complexity index is 571. The van der Waals surface area contributed by atoms with Crippen molar-refractivity contribution in [3.8, 4) is 0 Å². The first kappa shape index (κ1) is 15.5. The summed E-state index contributed by atoms with van der Waals surface area (Å²) in [5, 5.41) is 14.3. The number of rotatable bonds is 7. The van der Waals surface area contributed by atoms with E-state index in [1.54, 1.807) is 0 Å². The highest BCUT2D eigenvalue weighted by Crippen LogP contribution is 2.16. The summed E-state index contributed by atoms with van der Waals surface area (Å²) < 4.78 is 0. The minimum absolute atomic E-state index is 0.105. The van der Waals surface area contributed by atoms with Crippen LogP contribution in [0.4, 0.5) is 10.8 Å². The summed E-state index contributed by atoms with van der Waals surface area (Å²) in [6, 6.07) is 9.72. The summed E-state index contributed by atoms with van der Waals surface area (Å²) in [5.74, 6) is -0.105. The third-order valence-electron chi connectivity index (χ3n) is 2.91. The van der Waals surface area contributed by atoms with Crippen LogP contribution in [0.3, 0.4) is 0 Å². The predicted octanol–water partition coefficient (Wildman–Crippen LogP) is 2.28. The number of hydrogen-bond acceptors (Lipinski definition) is 5. The molecule has 0 aliphatic carbocycles. The number of thiazole rings is 1. The molecule has 21 heavy (non-hydrogen) atoms. The van der Waals surface area contributed by atoms with Gasteiger partial charge in [0.2, 0.25) is 5.91 Å². The Balaban J connectivity index is 1.99. The zero-order chi connectivity index (χ0) is 15.1. The van der Waals surface area contributed by atoms with Gasteiger partial charge in [-0.05, 0) is 25.5 Å². The molecule has 1 heterocycles. The van der Waals surface area contributed by atoms with Gasteiger partial charge >= 0.3 is 0 Å². The maximum atomic E-state index is 12.1. The number of aliphatic hydroxyl groups is 1. The number of aryl methyl sites for hydroxylation is 1. The maximum absolute atomic E-state index is 12.1. The van der Waals surface area contributed by atoms with Crippen LogP contribution in [0.15, 0.2) is 35.7 Å². The molecule has 0 saturated heterocycles. The standard InChI is InChI=1S/C15H19N3O2S/c1-12-11-21-15(16-12)17-14(20)10-18(8-5-9-19)13-6-3-2-4-7-13/h2-4,6-7,11,19H,5,8-10H2,1H3,(H,16,17,20). The molecule has 1 aromatic heterocycles. The number of carbonyl (C=O) groups excluding carboxylic acids is 1. The first-order chi connectivity index (χ1) is 10.2. The molecule has 1 amide bonds. The molecular formula is C15H19N3O2S. The zero-order valence-corrected chi connectivity index (χ0v) is 12.8. The van der Waals surface area contributed by atoms with Crippen LogP contribution < -0.4 is 10.2 Å². The normalized spacial score (nSPS) is 10.4. The van der Waals surface area contributed by atoms with Gasteiger partial charge in [-0.15, -0.1) is 11.3 Å². The van der Waals surface area contributed by atoms with Gasteiger partial charge in [-0.25, -0.2) is 4.98 Å². The number of nitrogens with one attached hydrogen (secondary N) is 1. The highest BCUT2D eigenvalue weighted by Gasteiger charge is 2.12. The van der Waals surface area contributed by atoms with E-state index < -0.39 is 0 Å². The molecule has 0 spiro atoms. The molecule has 0 bridgehead atoms. The van der Waals surface area contributed by atoms with Gasteiger partial charge in [-0.3, -0.25) is 4.79 Å². The van der Waals surface area contributed by atoms with Gasteiger partial charge in [0.15, 0.2) is 5.13 Å². The van der Waals surface area contributed by atoms with Crippen molar-refractivity contribution in [3.05, 3.63) is 41.4 Å². The number of aromatic nitrogens is 1. The largest absolute Gasteiger partial charge is 0.396 e. The first-order valence-electron chi connectivity index (χ1n) is 6.82. The second-order valence-corrected chi connectivity index (χ2v) is 5.53. The Morgan fingerprint density at radius 1 is 1.38 bits per heavy atom. The van der Waals surface area contributed by atoms with Gasteiger partial charge in [0, 0.05) is 24.2 Å². The first-order valence-corrected chi connectivity index (χ1v) is 7.70. The van der Waals surface area contributed by atoms with Crippen LogP contribution in [0.25, 0.3) is 0 Å². The van der Waals surface area contributed by atoms with E-state index in [4.69, 9.17) is 5.11 Å². The molecule has 2 rings (SSSR count). The molecule has 5 nitrogen and oxygen atoms in total. The van der Waals surface area contributed by atoms with E-state index in [9.17, 15) is 4.79 Å². The summed E-state index contributed by atoms with van der Waals surface area (Å²) in [4.78, 5) is 18.3. The van der Waals surface area contributed by atoms with Crippen LogP contribution in [0.2, 0.25) is 0 Å².